The maximum absolute atomic E-state index is 13.9. The molecule has 7 heteroatoms. The lowest BCUT2D eigenvalue weighted by Crippen LogP contribution is -2.27. The van der Waals surface area contributed by atoms with E-state index in [1.165, 1.54) is 24.9 Å². The van der Waals surface area contributed by atoms with Crippen LogP contribution in [-0.4, -0.2) is 17.3 Å². The number of ether oxygens (including phenoxy) is 2. The molecule has 1 saturated heterocycles. The third-order valence-corrected chi connectivity index (χ3v) is 6.93. The summed E-state index contributed by atoms with van der Waals surface area (Å²) < 4.78 is 25.7. The van der Waals surface area contributed by atoms with Crippen molar-refractivity contribution < 1.29 is 18.7 Å². The highest BCUT2D eigenvalue weighted by Crippen LogP contribution is 2.39. The Hall–Kier alpha value is -3.68. The first-order valence-electron chi connectivity index (χ1n) is 10.8. The van der Waals surface area contributed by atoms with Crippen LogP contribution < -0.4 is 14.4 Å². The van der Waals surface area contributed by atoms with Crippen molar-refractivity contribution in [2.45, 2.75) is 6.61 Å². The van der Waals surface area contributed by atoms with Crippen LogP contribution in [-0.2, 0) is 11.4 Å². The maximum atomic E-state index is 13.9. The fourth-order valence-electron chi connectivity index (χ4n) is 3.89. The number of rotatable bonds is 6. The third-order valence-electron chi connectivity index (χ3n) is 5.63. The summed E-state index contributed by atoms with van der Waals surface area (Å²) in [5, 5.41) is 2.00. The molecule has 1 amide bonds. The number of amides is 1. The van der Waals surface area contributed by atoms with Gasteiger partial charge in [-0.1, -0.05) is 84.6 Å². The van der Waals surface area contributed by atoms with Crippen LogP contribution in [0.4, 0.5) is 10.1 Å². The highest BCUT2D eigenvalue weighted by Gasteiger charge is 2.34. The van der Waals surface area contributed by atoms with Gasteiger partial charge in [0, 0.05) is 10.9 Å². The number of anilines is 1. The summed E-state index contributed by atoms with van der Waals surface area (Å²) in [5.74, 6) is 0.474. The Kier molecular flexibility index (Phi) is 6.53. The minimum Gasteiger partial charge on any atom is -0.493 e. The Morgan fingerprint density at radius 2 is 1.74 bits per heavy atom. The molecule has 0 aromatic heterocycles. The lowest BCUT2D eigenvalue weighted by molar-refractivity contribution is -0.113. The molecule has 1 aliphatic heterocycles. The average molecular weight is 502 g/mol. The van der Waals surface area contributed by atoms with Gasteiger partial charge in [-0.2, -0.15) is 0 Å². The molecule has 4 aromatic carbocycles. The molecule has 0 unspecified atom stereocenters. The van der Waals surface area contributed by atoms with Gasteiger partial charge in [-0.3, -0.25) is 9.69 Å². The van der Waals surface area contributed by atoms with Crippen LogP contribution in [0.2, 0.25) is 0 Å². The van der Waals surface area contributed by atoms with Crippen molar-refractivity contribution in [2.24, 2.45) is 0 Å². The number of hydrogen-bond acceptors (Lipinski definition) is 5. The van der Waals surface area contributed by atoms with E-state index in [4.69, 9.17) is 21.7 Å². The number of carbonyl (C=O) groups is 1. The van der Waals surface area contributed by atoms with Crippen LogP contribution in [0.3, 0.4) is 0 Å². The summed E-state index contributed by atoms with van der Waals surface area (Å²) in [4.78, 5) is 15.4. The molecule has 0 aliphatic carbocycles. The third kappa shape index (κ3) is 4.65. The number of carbonyl (C=O) groups excluding carboxylic acids is 1. The number of thioether (sulfide) groups is 1. The maximum Gasteiger partial charge on any atom is 0.270 e. The van der Waals surface area contributed by atoms with Crippen LogP contribution in [0.15, 0.2) is 89.8 Å². The Morgan fingerprint density at radius 3 is 2.57 bits per heavy atom. The second-order valence-corrected chi connectivity index (χ2v) is 9.48. The van der Waals surface area contributed by atoms with Crippen molar-refractivity contribution in [3.05, 3.63) is 107 Å². The highest BCUT2D eigenvalue weighted by molar-refractivity contribution is 8.27. The highest BCUT2D eigenvalue weighted by atomic mass is 32.2. The molecule has 4 aromatic rings. The second-order valence-electron chi connectivity index (χ2n) is 7.81. The first-order valence-corrected chi connectivity index (χ1v) is 12.1. The van der Waals surface area contributed by atoms with Gasteiger partial charge in [-0.25, -0.2) is 4.39 Å². The van der Waals surface area contributed by atoms with Crippen LogP contribution in [0.5, 0.6) is 11.5 Å². The summed E-state index contributed by atoms with van der Waals surface area (Å²) in [5.41, 5.74) is 1.98. The molecule has 5 rings (SSSR count). The number of thiocarbonyl (C=S) groups is 1. The molecule has 0 bridgehead atoms. The SMILES string of the molecule is COc1cc(/C=C2\SC(=S)N(c3cccc4ccccc34)C2=O)ccc1OCc1ccccc1F. The molecule has 1 heterocycles. The van der Waals surface area contributed by atoms with E-state index in [1.54, 1.807) is 41.3 Å². The van der Waals surface area contributed by atoms with Gasteiger partial charge >= 0.3 is 0 Å². The summed E-state index contributed by atoms with van der Waals surface area (Å²) >= 11 is 6.83. The lowest BCUT2D eigenvalue weighted by Gasteiger charge is -2.17. The van der Waals surface area contributed by atoms with Gasteiger partial charge in [-0.15, -0.1) is 0 Å². The summed E-state index contributed by atoms with van der Waals surface area (Å²) in [6, 6.07) is 25.6. The van der Waals surface area contributed by atoms with Crippen molar-refractivity contribution in [1.82, 2.24) is 0 Å². The molecular formula is C28H20FNO3S2. The predicted octanol–water partition coefficient (Wildman–Crippen LogP) is 6.97. The van der Waals surface area contributed by atoms with Crippen LogP contribution in [0.25, 0.3) is 16.8 Å². The molecule has 1 aliphatic rings. The van der Waals surface area contributed by atoms with E-state index < -0.39 is 0 Å². The molecule has 174 valence electrons. The van der Waals surface area contributed by atoms with Crippen molar-refractivity contribution in [3.63, 3.8) is 0 Å². The van der Waals surface area contributed by atoms with Crippen molar-refractivity contribution in [1.29, 1.82) is 0 Å². The molecule has 0 atom stereocenters. The van der Waals surface area contributed by atoms with Gasteiger partial charge in [0.05, 0.1) is 17.7 Å². The minimum atomic E-state index is -0.323. The molecule has 0 radical (unpaired) electrons. The van der Waals surface area contributed by atoms with Crippen molar-refractivity contribution in [2.75, 3.05) is 12.0 Å². The molecule has 35 heavy (non-hydrogen) atoms. The van der Waals surface area contributed by atoms with E-state index >= 15 is 0 Å². The van der Waals surface area contributed by atoms with E-state index in [2.05, 4.69) is 0 Å². The monoisotopic (exact) mass is 501 g/mol. The molecule has 4 nitrogen and oxygen atoms in total. The van der Waals surface area contributed by atoms with E-state index in [0.717, 1.165) is 22.0 Å². The number of hydrogen-bond donors (Lipinski definition) is 0. The topological polar surface area (TPSA) is 38.8 Å². The quantitative estimate of drug-likeness (QED) is 0.211. The molecule has 0 saturated carbocycles. The van der Waals surface area contributed by atoms with E-state index in [-0.39, 0.29) is 18.3 Å². The Bertz CT molecular complexity index is 1480. The first kappa shape index (κ1) is 23.1. The first-order chi connectivity index (χ1) is 17.0. The lowest BCUT2D eigenvalue weighted by atomic mass is 10.1. The number of halogens is 1. The fraction of sp³-hybridized carbons (Fsp3) is 0.0714. The Labute approximate surface area is 212 Å². The normalized spacial score (nSPS) is 14.7. The standard InChI is InChI=1S/C28H20FNO3S2/c1-32-25-15-18(13-14-24(25)33-17-20-8-3-5-11-22(20)29)16-26-27(31)30(28(34)35-26)23-12-6-9-19-7-2-4-10-21(19)23/h2-16H,17H2,1H3/b26-16-. The van der Waals surface area contributed by atoms with Crippen molar-refractivity contribution >= 4 is 56.7 Å². The van der Waals surface area contributed by atoms with Crippen LogP contribution >= 0.6 is 24.0 Å². The second kappa shape index (κ2) is 9.90. The summed E-state index contributed by atoms with van der Waals surface area (Å²) in [6.07, 6.45) is 1.79. The summed E-state index contributed by atoms with van der Waals surface area (Å²) in [6.45, 7) is 0.0755. The van der Waals surface area contributed by atoms with E-state index in [9.17, 15) is 9.18 Å². The molecule has 1 fully saturated rings. The van der Waals surface area contributed by atoms with E-state index in [0.29, 0.717) is 26.3 Å². The zero-order valence-corrected chi connectivity index (χ0v) is 20.4. The van der Waals surface area contributed by atoms with Crippen LogP contribution in [0.1, 0.15) is 11.1 Å². The smallest absolute Gasteiger partial charge is 0.270 e. The largest absolute Gasteiger partial charge is 0.493 e. The molecular weight excluding hydrogens is 481 g/mol. The predicted molar refractivity (Wildman–Crippen MR) is 143 cm³/mol. The van der Waals surface area contributed by atoms with Gasteiger partial charge in [0.25, 0.3) is 5.91 Å². The number of fused-ring (bicyclic) bond motifs is 1. The van der Waals surface area contributed by atoms with Gasteiger partial charge in [0.2, 0.25) is 0 Å². The Morgan fingerprint density at radius 1 is 0.971 bits per heavy atom. The zero-order chi connectivity index (χ0) is 24.4. The number of nitrogens with zero attached hydrogens (tertiary/aromatic N) is 1. The fourth-order valence-corrected chi connectivity index (χ4v) is 5.18. The van der Waals surface area contributed by atoms with Gasteiger partial charge < -0.3 is 9.47 Å². The number of methoxy groups -OCH3 is 1. The van der Waals surface area contributed by atoms with Crippen LogP contribution in [0, 0.1) is 5.82 Å². The molecule has 0 N–H and O–H groups in total. The van der Waals surface area contributed by atoms with Gasteiger partial charge in [0.1, 0.15) is 12.4 Å². The number of benzene rings is 4. The minimum absolute atomic E-state index is 0.0755. The molecule has 0 spiro atoms. The average Bonchev–Trinajstić information content (AvgIpc) is 3.15. The summed E-state index contributed by atoms with van der Waals surface area (Å²) in [7, 11) is 1.54. The zero-order valence-electron chi connectivity index (χ0n) is 18.7. The van der Waals surface area contributed by atoms with Crippen molar-refractivity contribution in [3.8, 4) is 11.5 Å². The van der Waals surface area contributed by atoms with E-state index in [1.807, 2.05) is 48.5 Å². The van der Waals surface area contributed by atoms with Gasteiger partial charge in [0.15, 0.2) is 15.8 Å². The van der Waals surface area contributed by atoms with Gasteiger partial charge in [-0.05, 0) is 41.3 Å². The Balaban J connectivity index is 1.40.